The van der Waals surface area contributed by atoms with Crippen LogP contribution in [0.25, 0.3) is 6.08 Å². The molecule has 9 nitrogen and oxygen atoms in total. The number of pyridine rings is 1. The molecule has 0 radical (unpaired) electrons. The van der Waals surface area contributed by atoms with Crippen LogP contribution in [0.5, 0.6) is 0 Å². The van der Waals surface area contributed by atoms with Gasteiger partial charge in [0, 0.05) is 13.1 Å². The number of benzene rings is 1. The highest BCUT2D eigenvalue weighted by molar-refractivity contribution is 5.87. The van der Waals surface area contributed by atoms with E-state index in [1.165, 1.54) is 5.56 Å². The number of aryl methyl sites for hydroxylation is 1. The van der Waals surface area contributed by atoms with E-state index in [0.29, 0.717) is 13.0 Å². The molecule has 2 heterocycles. The lowest BCUT2D eigenvalue weighted by Gasteiger charge is -2.16. The van der Waals surface area contributed by atoms with Crippen molar-refractivity contribution in [3.8, 4) is 0 Å². The van der Waals surface area contributed by atoms with E-state index < -0.39 is 30.4 Å². The van der Waals surface area contributed by atoms with Crippen molar-refractivity contribution in [1.29, 1.82) is 0 Å². The largest absolute Gasteiger partial charge is 0.480 e. The molecule has 0 bridgehead atoms. The average Bonchev–Trinajstić information content (AvgIpc) is 2.82. The Hall–Kier alpha value is -3.88. The second kappa shape index (κ2) is 12.2. The van der Waals surface area contributed by atoms with Crippen molar-refractivity contribution in [2.75, 3.05) is 18.4 Å². The van der Waals surface area contributed by atoms with Crippen LogP contribution in [0.15, 0.2) is 48.5 Å². The van der Waals surface area contributed by atoms with Gasteiger partial charge in [-0.1, -0.05) is 42.5 Å². The van der Waals surface area contributed by atoms with Crippen molar-refractivity contribution in [3.05, 3.63) is 65.4 Å². The van der Waals surface area contributed by atoms with Gasteiger partial charge in [0.1, 0.15) is 18.5 Å². The Morgan fingerprint density at radius 2 is 2.00 bits per heavy atom. The van der Waals surface area contributed by atoms with Crippen LogP contribution in [-0.4, -0.2) is 47.2 Å². The lowest BCUT2D eigenvalue weighted by molar-refractivity contribution is -0.141. The Labute approximate surface area is 192 Å². The van der Waals surface area contributed by atoms with Crippen LogP contribution in [0.4, 0.5) is 10.6 Å². The number of carboxylic acid groups (broad SMARTS) is 1. The number of carbonyl (C=O) groups is 3. The topological polar surface area (TPSA) is 130 Å². The van der Waals surface area contributed by atoms with E-state index in [2.05, 4.69) is 27.0 Å². The van der Waals surface area contributed by atoms with E-state index in [1.807, 2.05) is 24.3 Å². The van der Waals surface area contributed by atoms with Gasteiger partial charge >= 0.3 is 12.1 Å². The van der Waals surface area contributed by atoms with E-state index >= 15 is 0 Å². The highest BCUT2D eigenvalue weighted by Crippen LogP contribution is 2.20. The number of nitrogens with one attached hydrogen (secondary N) is 3. The van der Waals surface area contributed by atoms with Gasteiger partial charge in [-0.2, -0.15) is 0 Å². The average molecular weight is 453 g/mol. The standard InChI is InChI=1S/C24H28N4O5/c29-21(15-20(23(30)31)28-24(32)33-16-17-7-2-1-3-8-17)25-13-5-4-10-19-12-11-18-9-6-14-26-22(18)27-19/h1-4,7-8,10-12,20H,5-6,9,13-16H2,(H,25,29)(H,26,27)(H,28,32)(H,30,31)/b10-4+. The van der Waals surface area contributed by atoms with Gasteiger partial charge in [0.2, 0.25) is 5.91 Å². The maximum absolute atomic E-state index is 12.1. The number of aromatic nitrogens is 1. The zero-order valence-corrected chi connectivity index (χ0v) is 18.3. The molecule has 1 aromatic carbocycles. The monoisotopic (exact) mass is 452 g/mol. The molecule has 1 aliphatic heterocycles. The van der Waals surface area contributed by atoms with E-state index in [0.717, 1.165) is 36.5 Å². The molecule has 3 rings (SSSR count). The lowest BCUT2D eigenvalue weighted by Crippen LogP contribution is -2.44. The van der Waals surface area contributed by atoms with Crippen LogP contribution in [0.3, 0.4) is 0 Å². The highest BCUT2D eigenvalue weighted by atomic mass is 16.5. The molecule has 0 aliphatic carbocycles. The first-order valence-corrected chi connectivity index (χ1v) is 10.9. The molecule has 0 saturated carbocycles. The minimum atomic E-state index is -1.38. The quantitative estimate of drug-likeness (QED) is 0.408. The minimum Gasteiger partial charge on any atom is -0.480 e. The van der Waals surface area contributed by atoms with E-state index in [1.54, 1.807) is 24.3 Å². The Kier molecular flexibility index (Phi) is 8.81. The van der Waals surface area contributed by atoms with Gasteiger partial charge in [0.15, 0.2) is 0 Å². The van der Waals surface area contributed by atoms with Crippen LogP contribution in [-0.2, 0) is 27.4 Å². The van der Waals surface area contributed by atoms with Crippen molar-refractivity contribution in [2.45, 2.75) is 38.3 Å². The van der Waals surface area contributed by atoms with E-state index in [-0.39, 0.29) is 6.61 Å². The predicted octanol–water partition coefficient (Wildman–Crippen LogP) is 2.73. The van der Waals surface area contributed by atoms with Crippen molar-refractivity contribution < 1.29 is 24.2 Å². The second-order valence-electron chi connectivity index (χ2n) is 7.62. The molecule has 1 aliphatic rings. The molecule has 2 aromatic rings. The number of hydrogen-bond acceptors (Lipinski definition) is 6. The Bertz CT molecular complexity index is 994. The molecule has 0 spiro atoms. The summed E-state index contributed by atoms with van der Waals surface area (Å²) < 4.78 is 5.02. The number of rotatable bonds is 10. The molecule has 2 amide bonds. The Balaban J connectivity index is 1.37. The van der Waals surface area contributed by atoms with Crippen molar-refractivity contribution >= 4 is 29.9 Å². The first-order chi connectivity index (χ1) is 16.0. The van der Waals surface area contributed by atoms with Crippen molar-refractivity contribution in [1.82, 2.24) is 15.6 Å². The fraction of sp³-hybridized carbons (Fsp3) is 0.333. The fourth-order valence-electron chi connectivity index (χ4n) is 3.30. The number of nitrogens with zero attached hydrogens (tertiary/aromatic N) is 1. The summed E-state index contributed by atoms with van der Waals surface area (Å²) in [6.45, 7) is 1.27. The Morgan fingerprint density at radius 3 is 2.79 bits per heavy atom. The van der Waals surface area contributed by atoms with Crippen LogP contribution in [0.2, 0.25) is 0 Å². The summed E-state index contributed by atoms with van der Waals surface area (Å²) in [4.78, 5) is 40.0. The lowest BCUT2D eigenvalue weighted by atomic mass is 10.1. The maximum Gasteiger partial charge on any atom is 0.408 e. The van der Waals surface area contributed by atoms with Gasteiger partial charge in [0.25, 0.3) is 0 Å². The summed E-state index contributed by atoms with van der Waals surface area (Å²) in [5.74, 6) is -0.865. The molecule has 1 aromatic heterocycles. The minimum absolute atomic E-state index is 0.00663. The van der Waals surface area contributed by atoms with Crippen LogP contribution >= 0.6 is 0 Å². The molecule has 1 unspecified atom stereocenters. The summed E-state index contributed by atoms with van der Waals surface area (Å²) in [6.07, 6.45) is 5.19. The van der Waals surface area contributed by atoms with Gasteiger partial charge in [-0.3, -0.25) is 4.79 Å². The third kappa shape index (κ3) is 7.95. The number of alkyl carbamates (subject to hydrolysis) is 1. The number of anilines is 1. The summed E-state index contributed by atoms with van der Waals surface area (Å²) in [5.41, 5.74) is 2.82. The number of aliphatic carboxylic acids is 1. The molecule has 9 heteroatoms. The number of amides is 2. The van der Waals surface area contributed by atoms with Crippen molar-refractivity contribution in [3.63, 3.8) is 0 Å². The van der Waals surface area contributed by atoms with Crippen LogP contribution < -0.4 is 16.0 Å². The SMILES string of the molecule is O=C(CC(NC(=O)OCc1ccccc1)C(=O)O)NCC/C=C/c1ccc2c(n1)NCCC2. The van der Waals surface area contributed by atoms with Gasteiger partial charge in [-0.15, -0.1) is 0 Å². The first-order valence-electron chi connectivity index (χ1n) is 10.9. The molecule has 0 fully saturated rings. The molecule has 33 heavy (non-hydrogen) atoms. The summed E-state index contributed by atoms with van der Waals surface area (Å²) >= 11 is 0. The predicted molar refractivity (Wildman–Crippen MR) is 124 cm³/mol. The number of carboxylic acids is 1. The zero-order valence-electron chi connectivity index (χ0n) is 18.3. The van der Waals surface area contributed by atoms with Gasteiger partial charge in [-0.05, 0) is 42.5 Å². The van der Waals surface area contributed by atoms with Crippen molar-refractivity contribution in [2.24, 2.45) is 0 Å². The molecule has 1 atom stereocenters. The van der Waals surface area contributed by atoms with Crippen LogP contribution in [0.1, 0.15) is 36.1 Å². The van der Waals surface area contributed by atoms with Gasteiger partial charge < -0.3 is 25.8 Å². The first kappa shape index (κ1) is 23.8. The second-order valence-corrected chi connectivity index (χ2v) is 7.62. The summed E-state index contributed by atoms with van der Waals surface area (Å²) in [7, 11) is 0. The summed E-state index contributed by atoms with van der Waals surface area (Å²) in [6, 6.07) is 11.6. The molecule has 0 saturated heterocycles. The third-order valence-corrected chi connectivity index (χ3v) is 5.03. The Morgan fingerprint density at radius 1 is 1.18 bits per heavy atom. The third-order valence-electron chi connectivity index (χ3n) is 5.03. The maximum atomic E-state index is 12.1. The number of ether oxygens (including phenoxy) is 1. The van der Waals surface area contributed by atoms with E-state index in [4.69, 9.17) is 4.74 Å². The number of fused-ring (bicyclic) bond motifs is 1. The molecule has 174 valence electrons. The smallest absolute Gasteiger partial charge is 0.408 e. The number of carbonyl (C=O) groups excluding carboxylic acids is 2. The molecule has 4 N–H and O–H groups in total. The highest BCUT2D eigenvalue weighted by Gasteiger charge is 2.23. The van der Waals surface area contributed by atoms with E-state index in [9.17, 15) is 19.5 Å². The number of hydrogen-bond donors (Lipinski definition) is 4. The van der Waals surface area contributed by atoms with Crippen LogP contribution in [0, 0.1) is 0 Å². The molecular weight excluding hydrogens is 424 g/mol. The fourth-order valence-corrected chi connectivity index (χ4v) is 3.30. The normalized spacial score (nSPS) is 13.5. The molecular formula is C24H28N4O5. The summed E-state index contributed by atoms with van der Waals surface area (Å²) in [5, 5.41) is 17.5. The van der Waals surface area contributed by atoms with Gasteiger partial charge in [-0.25, -0.2) is 14.6 Å². The van der Waals surface area contributed by atoms with Gasteiger partial charge in [0.05, 0.1) is 12.1 Å². The zero-order chi connectivity index (χ0) is 23.5.